The number of hydrogen-bond acceptors (Lipinski definition) is 5. The molecule has 0 spiro atoms. The molecular weight excluding hydrogens is 327 g/mol. The number of carbonyl (C=O) groups excluding carboxylic acids is 1. The lowest BCUT2D eigenvalue weighted by atomic mass is 9.89. The Bertz CT molecular complexity index is 717. The van der Waals surface area contributed by atoms with Crippen LogP contribution >= 0.6 is 0 Å². The number of halogens is 3. The number of H-pyrrole nitrogens is 1. The zero-order valence-corrected chi connectivity index (χ0v) is 12.4. The van der Waals surface area contributed by atoms with Crippen LogP contribution < -0.4 is 0 Å². The maximum atomic E-state index is 12.5. The highest BCUT2D eigenvalue weighted by atomic mass is 19.4. The van der Waals surface area contributed by atoms with Crippen LogP contribution in [-0.2, 0) is 11.8 Å². The van der Waals surface area contributed by atoms with Crippen molar-refractivity contribution in [3.05, 3.63) is 41.5 Å². The summed E-state index contributed by atoms with van der Waals surface area (Å²) in [5, 5.41) is 20.6. The van der Waals surface area contributed by atoms with Crippen LogP contribution in [0.5, 0.6) is 0 Å². The van der Waals surface area contributed by atoms with Gasteiger partial charge in [-0.05, 0) is 25.0 Å². The fourth-order valence-electron chi connectivity index (χ4n) is 2.72. The van der Waals surface area contributed by atoms with Gasteiger partial charge in [-0.1, -0.05) is 0 Å². The monoisotopic (exact) mass is 341 g/mol. The Labute approximate surface area is 134 Å². The fraction of sp³-hybridized carbons (Fsp3) is 0.429. The Hall–Kier alpha value is -2.49. The van der Waals surface area contributed by atoms with Crippen molar-refractivity contribution in [2.45, 2.75) is 24.6 Å². The quantitative estimate of drug-likeness (QED) is 0.860. The van der Waals surface area contributed by atoms with Gasteiger partial charge in [0.15, 0.2) is 0 Å². The summed E-state index contributed by atoms with van der Waals surface area (Å²) in [5.41, 5.74) is -2.03. The number of alkyl halides is 3. The first-order chi connectivity index (χ1) is 11.3. The predicted molar refractivity (Wildman–Crippen MR) is 74.7 cm³/mol. The zero-order valence-electron chi connectivity index (χ0n) is 12.4. The molecule has 1 fully saturated rings. The molecule has 3 rings (SSSR count). The molecule has 0 bridgehead atoms. The van der Waals surface area contributed by atoms with Crippen LogP contribution in [0.15, 0.2) is 24.5 Å². The first-order valence-electron chi connectivity index (χ1n) is 7.21. The van der Waals surface area contributed by atoms with Crippen molar-refractivity contribution in [2.24, 2.45) is 0 Å². The first-order valence-corrected chi connectivity index (χ1v) is 7.21. The van der Waals surface area contributed by atoms with Gasteiger partial charge in [0.1, 0.15) is 17.0 Å². The molecule has 1 amide bonds. The molecular formula is C14H14F3N5O2. The van der Waals surface area contributed by atoms with Gasteiger partial charge in [0.05, 0.1) is 18.3 Å². The number of β-amino-alcohol motifs (C(OH)–C–C–N with tert-alkyl or cyclic N) is 1. The molecule has 1 unspecified atom stereocenters. The van der Waals surface area contributed by atoms with E-state index in [0.717, 1.165) is 18.3 Å². The predicted octanol–water partition coefficient (Wildman–Crippen LogP) is 1.34. The lowest BCUT2D eigenvalue weighted by Gasteiger charge is -2.37. The molecule has 7 nitrogen and oxygen atoms in total. The molecule has 2 N–H and O–H groups in total. The minimum absolute atomic E-state index is 0.0145. The maximum Gasteiger partial charge on any atom is 0.433 e. The third-order valence-corrected chi connectivity index (χ3v) is 3.95. The zero-order chi connectivity index (χ0) is 17.4. The lowest BCUT2D eigenvalue weighted by Crippen LogP contribution is -2.48. The molecule has 128 valence electrons. The van der Waals surface area contributed by atoms with E-state index < -0.39 is 23.4 Å². The second-order valence-corrected chi connectivity index (χ2v) is 5.65. The largest absolute Gasteiger partial charge is 0.433 e. The van der Waals surface area contributed by atoms with Crippen LogP contribution in [-0.4, -0.2) is 49.4 Å². The first kappa shape index (κ1) is 16.4. The van der Waals surface area contributed by atoms with Crippen LogP contribution in [0.3, 0.4) is 0 Å². The van der Waals surface area contributed by atoms with Gasteiger partial charge in [-0.15, -0.1) is 0 Å². The van der Waals surface area contributed by atoms with Gasteiger partial charge < -0.3 is 10.0 Å². The van der Waals surface area contributed by atoms with Crippen molar-refractivity contribution in [1.29, 1.82) is 0 Å². The summed E-state index contributed by atoms with van der Waals surface area (Å²) >= 11 is 0. The molecule has 0 radical (unpaired) electrons. The second kappa shape index (κ2) is 5.86. The van der Waals surface area contributed by atoms with Crippen molar-refractivity contribution in [3.63, 3.8) is 0 Å². The number of aromatic nitrogens is 4. The third kappa shape index (κ3) is 3.09. The van der Waals surface area contributed by atoms with Crippen molar-refractivity contribution < 1.29 is 23.1 Å². The number of nitrogens with zero attached hydrogens (tertiary/aromatic N) is 4. The van der Waals surface area contributed by atoms with Crippen LogP contribution in [0.1, 0.15) is 34.6 Å². The summed E-state index contributed by atoms with van der Waals surface area (Å²) in [7, 11) is 0. The highest BCUT2D eigenvalue weighted by Crippen LogP contribution is 2.31. The molecule has 0 aliphatic carbocycles. The summed E-state index contributed by atoms with van der Waals surface area (Å²) in [6.45, 7) is 0.374. The number of aromatic amines is 1. The molecule has 1 atom stereocenters. The summed E-state index contributed by atoms with van der Waals surface area (Å²) < 4.78 is 37.6. The summed E-state index contributed by atoms with van der Waals surface area (Å²) in [6, 6.07) is 1.85. The number of carbonyl (C=O) groups is 1. The number of amides is 1. The lowest BCUT2D eigenvalue weighted by molar-refractivity contribution is -0.141. The molecule has 1 aliphatic rings. The van der Waals surface area contributed by atoms with E-state index in [0.29, 0.717) is 25.1 Å². The van der Waals surface area contributed by atoms with E-state index in [4.69, 9.17) is 0 Å². The van der Waals surface area contributed by atoms with Gasteiger partial charge in [0, 0.05) is 12.7 Å². The molecule has 3 heterocycles. The van der Waals surface area contributed by atoms with E-state index in [1.54, 1.807) is 0 Å². The number of likely N-dealkylation sites (tertiary alicyclic amines) is 1. The van der Waals surface area contributed by atoms with Gasteiger partial charge in [-0.25, -0.2) is 0 Å². The molecule has 24 heavy (non-hydrogen) atoms. The number of aliphatic hydroxyl groups is 1. The normalized spacial score (nSPS) is 21.8. The number of hydrogen-bond donors (Lipinski definition) is 2. The van der Waals surface area contributed by atoms with Gasteiger partial charge >= 0.3 is 6.18 Å². The number of rotatable bonds is 2. The maximum absolute atomic E-state index is 12.5. The van der Waals surface area contributed by atoms with E-state index in [1.165, 1.54) is 11.1 Å². The summed E-state index contributed by atoms with van der Waals surface area (Å²) in [6.07, 6.45) is -1.33. The Morgan fingerprint density at radius 3 is 2.71 bits per heavy atom. The average Bonchev–Trinajstić information content (AvgIpc) is 3.09. The molecule has 0 aromatic carbocycles. The van der Waals surface area contributed by atoms with E-state index in [9.17, 15) is 23.1 Å². The van der Waals surface area contributed by atoms with Crippen LogP contribution in [0, 0.1) is 0 Å². The molecule has 10 heteroatoms. The van der Waals surface area contributed by atoms with Gasteiger partial charge in [0.2, 0.25) is 0 Å². The minimum Gasteiger partial charge on any atom is -0.382 e. The Morgan fingerprint density at radius 1 is 1.33 bits per heavy atom. The number of piperidine rings is 1. The average molecular weight is 341 g/mol. The minimum atomic E-state index is -4.56. The molecule has 1 aliphatic heterocycles. The fourth-order valence-corrected chi connectivity index (χ4v) is 2.72. The van der Waals surface area contributed by atoms with Crippen molar-refractivity contribution >= 4 is 5.91 Å². The highest BCUT2D eigenvalue weighted by molar-refractivity contribution is 5.94. The van der Waals surface area contributed by atoms with Gasteiger partial charge in [-0.2, -0.15) is 28.6 Å². The standard InChI is InChI=1S/C14H14F3N5O2/c15-14(16,17)10-3-2-9(6-18-10)12(23)22-5-1-4-13(24,8-22)11-7-19-21-20-11/h2-3,6-7,24H,1,4-5,8H2,(H,19,20,21). The summed E-state index contributed by atoms with van der Waals surface area (Å²) in [5.74, 6) is -0.488. The van der Waals surface area contributed by atoms with Crippen LogP contribution in [0.25, 0.3) is 0 Å². The highest BCUT2D eigenvalue weighted by Gasteiger charge is 2.39. The smallest absolute Gasteiger partial charge is 0.382 e. The third-order valence-electron chi connectivity index (χ3n) is 3.95. The van der Waals surface area contributed by atoms with Crippen molar-refractivity contribution in [1.82, 2.24) is 25.3 Å². The Balaban J connectivity index is 1.77. The number of nitrogens with one attached hydrogen (secondary N) is 1. The van der Waals surface area contributed by atoms with E-state index >= 15 is 0 Å². The molecule has 0 saturated carbocycles. The summed E-state index contributed by atoms with van der Waals surface area (Å²) in [4.78, 5) is 17.1. The van der Waals surface area contributed by atoms with Gasteiger partial charge in [-0.3, -0.25) is 9.78 Å². The van der Waals surface area contributed by atoms with E-state index in [1.807, 2.05) is 0 Å². The van der Waals surface area contributed by atoms with E-state index in [2.05, 4.69) is 20.4 Å². The second-order valence-electron chi connectivity index (χ2n) is 5.65. The Morgan fingerprint density at radius 2 is 2.12 bits per heavy atom. The molecule has 2 aromatic rings. The topological polar surface area (TPSA) is 95.0 Å². The number of pyridine rings is 1. The molecule has 1 saturated heterocycles. The SMILES string of the molecule is O=C(c1ccc(C(F)(F)F)nc1)N1CCCC(O)(c2cn[nH]n2)C1. The van der Waals surface area contributed by atoms with Gasteiger partial charge in [0.25, 0.3) is 5.91 Å². The van der Waals surface area contributed by atoms with Crippen molar-refractivity contribution in [3.8, 4) is 0 Å². The van der Waals surface area contributed by atoms with E-state index in [-0.39, 0.29) is 12.1 Å². The Kier molecular flexibility index (Phi) is 3.99. The van der Waals surface area contributed by atoms with Crippen LogP contribution in [0.4, 0.5) is 13.2 Å². The van der Waals surface area contributed by atoms with Crippen LogP contribution in [0.2, 0.25) is 0 Å². The molecule has 2 aromatic heterocycles. The van der Waals surface area contributed by atoms with Crippen molar-refractivity contribution in [2.75, 3.05) is 13.1 Å².